The molecule has 0 aliphatic rings. The molecule has 6 N–H and O–H groups in total. The number of benzene rings is 3. The van der Waals surface area contributed by atoms with Gasteiger partial charge in [-0.15, -0.1) is 0 Å². The summed E-state index contributed by atoms with van der Waals surface area (Å²) in [5.41, 5.74) is 6.47. The number of primary amides is 1. The molecule has 194 valence electrons. The predicted molar refractivity (Wildman–Crippen MR) is 138 cm³/mol. The molecule has 0 saturated carbocycles. The highest BCUT2D eigenvalue weighted by Gasteiger charge is 2.18. The van der Waals surface area contributed by atoms with Crippen LogP contribution in [0.4, 0.5) is 4.79 Å². The number of amides is 5. The summed E-state index contributed by atoms with van der Waals surface area (Å²) in [5.74, 6) is -0.175. The first-order chi connectivity index (χ1) is 17.9. The van der Waals surface area contributed by atoms with Crippen molar-refractivity contribution in [1.82, 2.24) is 16.0 Å². The monoisotopic (exact) mass is 506 g/mol. The van der Waals surface area contributed by atoms with Crippen LogP contribution in [0.3, 0.4) is 0 Å². The maximum atomic E-state index is 12.5. The zero-order chi connectivity index (χ0) is 26.6. The third-order valence-corrected chi connectivity index (χ3v) is 5.63. The average molecular weight is 507 g/mol. The SMILES string of the molecule is NC(=O)NC(=O)Cc1cc2ccccc2cc1OCCCCNC(=O)[C@H](Cc1ccc(O)cc1)NC=O. The highest BCUT2D eigenvalue weighted by Crippen LogP contribution is 2.27. The van der Waals surface area contributed by atoms with Gasteiger partial charge in [-0.3, -0.25) is 19.7 Å². The van der Waals surface area contributed by atoms with E-state index < -0.39 is 18.0 Å². The van der Waals surface area contributed by atoms with E-state index in [1.165, 1.54) is 12.1 Å². The second-order valence-electron chi connectivity index (χ2n) is 8.45. The fourth-order valence-electron chi connectivity index (χ4n) is 3.81. The van der Waals surface area contributed by atoms with Gasteiger partial charge in [-0.05, 0) is 53.4 Å². The zero-order valence-corrected chi connectivity index (χ0v) is 20.2. The minimum Gasteiger partial charge on any atom is -0.508 e. The van der Waals surface area contributed by atoms with Gasteiger partial charge in [-0.2, -0.15) is 0 Å². The van der Waals surface area contributed by atoms with Gasteiger partial charge in [0.2, 0.25) is 18.2 Å². The van der Waals surface area contributed by atoms with Crippen LogP contribution in [-0.2, 0) is 27.2 Å². The van der Waals surface area contributed by atoms with Gasteiger partial charge < -0.3 is 26.2 Å². The number of carbonyl (C=O) groups excluding carboxylic acids is 4. The molecule has 37 heavy (non-hydrogen) atoms. The third kappa shape index (κ3) is 8.53. The number of ether oxygens (including phenoxy) is 1. The number of unbranched alkanes of at least 4 members (excludes halogenated alkanes) is 1. The Bertz CT molecular complexity index is 1250. The number of nitrogens with one attached hydrogen (secondary N) is 3. The van der Waals surface area contributed by atoms with Crippen LogP contribution in [0.25, 0.3) is 10.8 Å². The van der Waals surface area contributed by atoms with Crippen molar-refractivity contribution in [2.24, 2.45) is 5.73 Å². The maximum absolute atomic E-state index is 12.5. The number of hydrogen-bond acceptors (Lipinski definition) is 6. The van der Waals surface area contributed by atoms with Gasteiger partial charge in [0.15, 0.2) is 0 Å². The maximum Gasteiger partial charge on any atom is 0.318 e. The van der Waals surface area contributed by atoms with E-state index >= 15 is 0 Å². The molecule has 0 aliphatic carbocycles. The Labute approximate surface area is 214 Å². The van der Waals surface area contributed by atoms with Gasteiger partial charge in [0.25, 0.3) is 0 Å². The minimum atomic E-state index is -0.913. The molecule has 0 spiro atoms. The lowest BCUT2D eigenvalue weighted by Gasteiger charge is -2.16. The Morgan fingerprint density at radius 3 is 2.38 bits per heavy atom. The molecule has 3 aromatic rings. The molecule has 10 heteroatoms. The van der Waals surface area contributed by atoms with Crippen LogP contribution in [0.15, 0.2) is 60.7 Å². The van der Waals surface area contributed by atoms with E-state index in [4.69, 9.17) is 10.5 Å². The van der Waals surface area contributed by atoms with Gasteiger partial charge in [0, 0.05) is 18.5 Å². The first kappa shape index (κ1) is 27.0. The molecule has 3 rings (SSSR count). The molecule has 0 radical (unpaired) electrons. The molecule has 0 bridgehead atoms. The van der Waals surface area contributed by atoms with Crippen molar-refractivity contribution in [2.45, 2.75) is 31.7 Å². The molecular weight excluding hydrogens is 476 g/mol. The Morgan fingerprint density at radius 1 is 1.00 bits per heavy atom. The normalized spacial score (nSPS) is 11.4. The molecule has 0 saturated heterocycles. The first-order valence-corrected chi connectivity index (χ1v) is 11.8. The number of carbonyl (C=O) groups is 4. The summed E-state index contributed by atoms with van der Waals surface area (Å²) in [4.78, 5) is 46.5. The van der Waals surface area contributed by atoms with Crippen LogP contribution in [0, 0.1) is 0 Å². The topological polar surface area (TPSA) is 160 Å². The highest BCUT2D eigenvalue weighted by atomic mass is 16.5. The lowest BCUT2D eigenvalue weighted by molar-refractivity contribution is -0.125. The van der Waals surface area contributed by atoms with Crippen molar-refractivity contribution in [3.05, 3.63) is 71.8 Å². The van der Waals surface area contributed by atoms with E-state index in [1.807, 2.05) is 36.4 Å². The fraction of sp³-hybridized carbons (Fsp3) is 0.259. The molecule has 1 atom stereocenters. The smallest absolute Gasteiger partial charge is 0.318 e. The second kappa shape index (κ2) is 13.5. The Balaban J connectivity index is 1.50. The third-order valence-electron chi connectivity index (χ3n) is 5.63. The number of imide groups is 1. The molecule has 0 unspecified atom stereocenters. The molecule has 3 aromatic carbocycles. The summed E-state index contributed by atoms with van der Waals surface area (Å²) in [6.07, 6.45) is 1.98. The summed E-state index contributed by atoms with van der Waals surface area (Å²) in [7, 11) is 0. The summed E-state index contributed by atoms with van der Waals surface area (Å²) in [6, 6.07) is 16.1. The van der Waals surface area contributed by atoms with Crippen molar-refractivity contribution in [2.75, 3.05) is 13.2 Å². The fourth-order valence-corrected chi connectivity index (χ4v) is 3.81. The van der Waals surface area contributed by atoms with E-state index in [9.17, 15) is 24.3 Å². The van der Waals surface area contributed by atoms with Crippen LogP contribution in [0.2, 0.25) is 0 Å². The summed E-state index contributed by atoms with van der Waals surface area (Å²) in [6.45, 7) is 0.739. The summed E-state index contributed by atoms with van der Waals surface area (Å²) < 4.78 is 5.94. The molecule has 10 nitrogen and oxygen atoms in total. The van der Waals surface area contributed by atoms with Crippen molar-refractivity contribution < 1.29 is 29.0 Å². The van der Waals surface area contributed by atoms with Crippen molar-refractivity contribution >= 4 is 35.0 Å². The van der Waals surface area contributed by atoms with Crippen LogP contribution < -0.4 is 26.4 Å². The van der Waals surface area contributed by atoms with Crippen LogP contribution in [0.5, 0.6) is 11.5 Å². The van der Waals surface area contributed by atoms with E-state index in [2.05, 4.69) is 16.0 Å². The van der Waals surface area contributed by atoms with Crippen LogP contribution in [-0.4, -0.2) is 48.6 Å². The molecule has 0 heterocycles. The van der Waals surface area contributed by atoms with E-state index in [0.29, 0.717) is 50.1 Å². The molecular formula is C27H30N4O6. The van der Waals surface area contributed by atoms with E-state index in [0.717, 1.165) is 16.3 Å². The predicted octanol–water partition coefficient (Wildman–Crippen LogP) is 1.92. The Kier molecular flexibility index (Phi) is 9.83. The molecule has 5 amide bonds. The summed E-state index contributed by atoms with van der Waals surface area (Å²) in [5, 5.41) is 18.7. The van der Waals surface area contributed by atoms with Crippen molar-refractivity contribution in [3.8, 4) is 11.5 Å². The molecule has 0 aromatic heterocycles. The number of aromatic hydroxyl groups is 1. The number of rotatable bonds is 13. The van der Waals surface area contributed by atoms with Crippen LogP contribution in [0.1, 0.15) is 24.0 Å². The van der Waals surface area contributed by atoms with Gasteiger partial charge in [-0.25, -0.2) is 4.79 Å². The quantitative estimate of drug-likeness (QED) is 0.176. The molecule has 0 aliphatic heterocycles. The van der Waals surface area contributed by atoms with Gasteiger partial charge in [0.05, 0.1) is 13.0 Å². The lowest BCUT2D eigenvalue weighted by atomic mass is 10.0. The van der Waals surface area contributed by atoms with Gasteiger partial charge in [0.1, 0.15) is 17.5 Å². The van der Waals surface area contributed by atoms with Crippen molar-refractivity contribution in [1.29, 1.82) is 0 Å². The average Bonchev–Trinajstić information content (AvgIpc) is 2.86. The first-order valence-electron chi connectivity index (χ1n) is 11.8. The zero-order valence-electron chi connectivity index (χ0n) is 20.2. The van der Waals surface area contributed by atoms with Gasteiger partial charge >= 0.3 is 6.03 Å². The number of urea groups is 1. The Hall–Kier alpha value is -4.60. The standard InChI is InChI=1S/C27H30N4O6/c28-27(36)31-25(34)16-21-14-19-5-1-2-6-20(19)15-24(21)37-12-4-3-11-29-26(35)23(30-17-32)13-18-7-9-22(33)10-8-18/h1-2,5-10,14-15,17,23,33H,3-4,11-13,16H2,(H,29,35)(H,30,32)(H3,28,31,34,36)/t23-/m0/s1. The minimum absolute atomic E-state index is 0.0642. The lowest BCUT2D eigenvalue weighted by Crippen LogP contribution is -2.45. The summed E-state index contributed by atoms with van der Waals surface area (Å²) >= 11 is 0. The van der Waals surface area contributed by atoms with Crippen molar-refractivity contribution in [3.63, 3.8) is 0 Å². The Morgan fingerprint density at radius 2 is 1.70 bits per heavy atom. The molecule has 0 fully saturated rings. The number of phenolic OH excluding ortho intramolecular Hbond substituents is 1. The number of fused-ring (bicyclic) bond motifs is 1. The van der Waals surface area contributed by atoms with E-state index in [-0.39, 0.29) is 18.1 Å². The van der Waals surface area contributed by atoms with E-state index in [1.54, 1.807) is 12.1 Å². The second-order valence-corrected chi connectivity index (χ2v) is 8.45. The van der Waals surface area contributed by atoms with Gasteiger partial charge in [-0.1, -0.05) is 36.4 Å². The largest absolute Gasteiger partial charge is 0.508 e. The number of hydrogen-bond donors (Lipinski definition) is 5. The highest BCUT2D eigenvalue weighted by molar-refractivity contribution is 5.95. The number of phenols is 1. The number of nitrogens with two attached hydrogens (primary N) is 1. The van der Waals surface area contributed by atoms with Crippen LogP contribution >= 0.6 is 0 Å².